The van der Waals surface area contributed by atoms with Gasteiger partial charge in [0.1, 0.15) is 0 Å². The molecule has 1 heterocycles. The van der Waals surface area contributed by atoms with E-state index in [9.17, 15) is 0 Å². The van der Waals surface area contributed by atoms with Crippen LogP contribution in [0.4, 0.5) is 0 Å². The molecule has 1 fully saturated rings. The van der Waals surface area contributed by atoms with Crippen molar-refractivity contribution in [2.24, 2.45) is 0 Å². The van der Waals surface area contributed by atoms with Gasteiger partial charge in [-0.25, -0.2) is 0 Å². The van der Waals surface area contributed by atoms with Gasteiger partial charge in [-0.15, -0.1) is 0 Å². The summed E-state index contributed by atoms with van der Waals surface area (Å²) in [6, 6.07) is 0. The Labute approximate surface area is 82.3 Å². The molecule has 1 atom stereocenters. The van der Waals surface area contributed by atoms with Gasteiger partial charge in [-0.2, -0.15) is 0 Å². The van der Waals surface area contributed by atoms with Gasteiger partial charge in [0.15, 0.2) is 0 Å². The molecule has 0 aromatic heterocycles. The van der Waals surface area contributed by atoms with Crippen molar-refractivity contribution in [2.45, 2.75) is 58.2 Å². The molecule has 0 spiro atoms. The Morgan fingerprint density at radius 2 is 1.69 bits per heavy atom. The van der Waals surface area contributed by atoms with E-state index >= 15 is 0 Å². The van der Waals surface area contributed by atoms with E-state index in [1.807, 2.05) is 0 Å². The van der Waals surface area contributed by atoms with Gasteiger partial charge in [-0.05, 0) is 48.1 Å². The number of nitrogens with zero attached hydrogens (tertiary/aromatic N) is 1. The second-order valence-corrected chi connectivity index (χ2v) is 5.51. The van der Waals surface area contributed by atoms with Gasteiger partial charge in [0.05, 0.1) is 12.7 Å². The monoisotopic (exact) mass is 185 g/mol. The van der Waals surface area contributed by atoms with E-state index in [2.05, 4.69) is 46.6 Å². The molecule has 0 N–H and O–H groups in total. The smallest absolute Gasteiger partial charge is 0.0648 e. The van der Waals surface area contributed by atoms with Crippen LogP contribution in [0, 0.1) is 0 Å². The van der Waals surface area contributed by atoms with Crippen LogP contribution >= 0.6 is 0 Å². The normalized spacial score (nSPS) is 34.2. The Hall–Kier alpha value is -0.0800. The maximum Gasteiger partial charge on any atom is 0.0648 e. The summed E-state index contributed by atoms with van der Waals surface area (Å²) >= 11 is 0. The summed E-state index contributed by atoms with van der Waals surface area (Å²) in [5.41, 5.74) is 0.383. The zero-order chi connectivity index (χ0) is 10.3. The van der Waals surface area contributed by atoms with E-state index in [0.29, 0.717) is 6.10 Å². The van der Waals surface area contributed by atoms with Crippen LogP contribution in [0.1, 0.15) is 41.0 Å². The predicted molar refractivity (Wildman–Crippen MR) is 56.0 cm³/mol. The summed E-state index contributed by atoms with van der Waals surface area (Å²) in [6.45, 7) is 12.1. The van der Waals surface area contributed by atoms with Gasteiger partial charge in [-0.1, -0.05) is 0 Å². The fourth-order valence-corrected chi connectivity index (χ4v) is 2.16. The first kappa shape index (κ1) is 11.0. The predicted octanol–water partition coefficient (Wildman–Crippen LogP) is 2.28. The van der Waals surface area contributed by atoms with Crippen molar-refractivity contribution >= 4 is 0 Å². The quantitative estimate of drug-likeness (QED) is 0.574. The van der Waals surface area contributed by atoms with Crippen molar-refractivity contribution in [1.82, 2.24) is 4.90 Å². The Morgan fingerprint density at radius 3 is 2.23 bits per heavy atom. The third kappa shape index (κ3) is 2.23. The van der Waals surface area contributed by atoms with E-state index in [4.69, 9.17) is 4.74 Å². The molecule has 0 aromatic rings. The molecule has 0 aliphatic carbocycles. The fourth-order valence-electron chi connectivity index (χ4n) is 2.16. The molecular weight excluding hydrogens is 162 g/mol. The molecule has 1 aliphatic rings. The molecule has 1 unspecified atom stereocenters. The van der Waals surface area contributed by atoms with Crippen LogP contribution in [0.15, 0.2) is 0 Å². The molecule has 1 aliphatic heterocycles. The Morgan fingerprint density at radius 1 is 1.15 bits per heavy atom. The Bertz CT molecular complexity index is 187. The second-order valence-electron chi connectivity index (χ2n) is 5.51. The summed E-state index contributed by atoms with van der Waals surface area (Å²) in [7, 11) is 2.20. The summed E-state index contributed by atoms with van der Waals surface area (Å²) in [6.07, 6.45) is 1.48. The topological polar surface area (TPSA) is 12.5 Å². The maximum absolute atomic E-state index is 5.78. The average molecular weight is 185 g/mol. The van der Waals surface area contributed by atoms with Crippen molar-refractivity contribution in [3.8, 4) is 0 Å². The highest BCUT2D eigenvalue weighted by Crippen LogP contribution is 2.31. The number of rotatable bonds is 0. The van der Waals surface area contributed by atoms with Crippen LogP contribution in [-0.4, -0.2) is 35.7 Å². The van der Waals surface area contributed by atoms with Crippen molar-refractivity contribution in [2.75, 3.05) is 13.7 Å². The molecule has 1 rings (SSSR count). The lowest BCUT2D eigenvalue weighted by atomic mass is 9.91. The lowest BCUT2D eigenvalue weighted by Gasteiger charge is -2.43. The molecular formula is C11H23NO. The summed E-state index contributed by atoms with van der Waals surface area (Å²) in [4.78, 5) is 2.43. The van der Waals surface area contributed by atoms with Crippen LogP contribution in [0.3, 0.4) is 0 Å². The number of ether oxygens (including phenoxy) is 1. The lowest BCUT2D eigenvalue weighted by molar-refractivity contribution is 0.0141. The first-order chi connectivity index (χ1) is 5.76. The van der Waals surface area contributed by atoms with Gasteiger partial charge in [-0.3, -0.25) is 4.90 Å². The zero-order valence-electron chi connectivity index (χ0n) is 9.85. The summed E-state index contributed by atoms with van der Waals surface area (Å²) < 4.78 is 5.78. The highest BCUT2D eigenvalue weighted by Gasteiger charge is 2.39. The summed E-state index contributed by atoms with van der Waals surface area (Å²) in [5, 5.41) is 0. The third-order valence-corrected chi connectivity index (χ3v) is 3.32. The maximum atomic E-state index is 5.78. The molecule has 0 aromatic carbocycles. The first-order valence-electron chi connectivity index (χ1n) is 5.11. The largest absolute Gasteiger partial charge is 0.377 e. The molecule has 78 valence electrons. The Kier molecular flexibility index (Phi) is 2.75. The SMILES string of the molecule is CC1CC(C)(C)N(C)C(C)(C)CO1. The minimum absolute atomic E-state index is 0.147. The third-order valence-electron chi connectivity index (χ3n) is 3.32. The van der Waals surface area contributed by atoms with Gasteiger partial charge < -0.3 is 4.74 Å². The van der Waals surface area contributed by atoms with Crippen molar-refractivity contribution < 1.29 is 4.74 Å². The van der Waals surface area contributed by atoms with Crippen LogP contribution in [0.25, 0.3) is 0 Å². The minimum atomic E-state index is 0.147. The van der Waals surface area contributed by atoms with E-state index in [-0.39, 0.29) is 11.1 Å². The van der Waals surface area contributed by atoms with E-state index in [1.54, 1.807) is 0 Å². The van der Waals surface area contributed by atoms with Crippen LogP contribution in [0.5, 0.6) is 0 Å². The zero-order valence-corrected chi connectivity index (χ0v) is 9.85. The average Bonchev–Trinajstić information content (AvgIpc) is 2.03. The molecule has 0 radical (unpaired) electrons. The molecule has 0 saturated carbocycles. The highest BCUT2D eigenvalue weighted by atomic mass is 16.5. The van der Waals surface area contributed by atoms with Crippen LogP contribution < -0.4 is 0 Å². The molecule has 0 bridgehead atoms. The van der Waals surface area contributed by atoms with Crippen molar-refractivity contribution in [3.63, 3.8) is 0 Å². The number of hydrogen-bond acceptors (Lipinski definition) is 2. The number of likely N-dealkylation sites (N-methyl/N-ethyl adjacent to an activating group) is 1. The van der Waals surface area contributed by atoms with E-state index < -0.39 is 0 Å². The highest BCUT2D eigenvalue weighted by molar-refractivity contribution is 4.93. The van der Waals surface area contributed by atoms with E-state index in [1.165, 1.54) is 0 Å². The lowest BCUT2D eigenvalue weighted by Crippen LogP contribution is -2.53. The van der Waals surface area contributed by atoms with Crippen LogP contribution in [0.2, 0.25) is 0 Å². The molecule has 0 amide bonds. The molecule has 2 heteroatoms. The molecule has 13 heavy (non-hydrogen) atoms. The van der Waals surface area contributed by atoms with Crippen LogP contribution in [-0.2, 0) is 4.74 Å². The van der Waals surface area contributed by atoms with Gasteiger partial charge >= 0.3 is 0 Å². The second kappa shape index (κ2) is 3.25. The Balaban J connectivity index is 2.87. The van der Waals surface area contributed by atoms with E-state index in [0.717, 1.165) is 13.0 Å². The standard InChI is InChI=1S/C11H23NO/c1-9-7-10(2,3)12(6)11(4,5)8-13-9/h9H,7-8H2,1-6H3. The van der Waals surface area contributed by atoms with Crippen molar-refractivity contribution in [3.05, 3.63) is 0 Å². The van der Waals surface area contributed by atoms with Gasteiger partial charge in [0.25, 0.3) is 0 Å². The fraction of sp³-hybridized carbons (Fsp3) is 1.00. The molecule has 1 saturated heterocycles. The first-order valence-corrected chi connectivity index (χ1v) is 5.11. The molecule has 2 nitrogen and oxygen atoms in total. The number of hydrogen-bond donors (Lipinski definition) is 0. The van der Waals surface area contributed by atoms with Gasteiger partial charge in [0.2, 0.25) is 0 Å². The van der Waals surface area contributed by atoms with Crippen molar-refractivity contribution in [1.29, 1.82) is 0 Å². The summed E-state index contributed by atoms with van der Waals surface area (Å²) in [5.74, 6) is 0. The minimum Gasteiger partial charge on any atom is -0.377 e. The van der Waals surface area contributed by atoms with Gasteiger partial charge in [0, 0.05) is 11.1 Å².